The Balaban J connectivity index is 0.00000208. The molecule has 124 valence electrons. The minimum absolute atomic E-state index is 0. The van der Waals surface area contributed by atoms with E-state index >= 15 is 0 Å². The van der Waals surface area contributed by atoms with Crippen LogP contribution < -0.4 is 10.6 Å². The zero-order valence-corrected chi connectivity index (χ0v) is 12.9. The van der Waals surface area contributed by atoms with Crippen molar-refractivity contribution in [3.8, 4) is 0 Å². The number of hydrogen-bond acceptors (Lipinski definition) is 3. The van der Waals surface area contributed by atoms with Crippen LogP contribution in [-0.4, -0.2) is 23.3 Å². The van der Waals surface area contributed by atoms with Crippen molar-refractivity contribution in [1.82, 2.24) is 10.6 Å². The summed E-state index contributed by atoms with van der Waals surface area (Å²) in [6, 6.07) is 17.9. The summed E-state index contributed by atoms with van der Waals surface area (Å²) in [5.74, 6) is -1.11. The minimum atomic E-state index is -1.34. The summed E-state index contributed by atoms with van der Waals surface area (Å²) in [5, 5.41) is 4.46. The molecular weight excluding hydrogens is 308 g/mol. The molecule has 2 aromatic carbocycles. The van der Waals surface area contributed by atoms with Crippen molar-refractivity contribution in [3.63, 3.8) is 0 Å². The fraction of sp³-hybridized carbons (Fsp3) is 0.167. The molecule has 0 spiro atoms. The van der Waals surface area contributed by atoms with Crippen LogP contribution in [0.3, 0.4) is 0 Å². The number of nitrogens with one attached hydrogen (secondary N) is 2. The van der Waals surface area contributed by atoms with Gasteiger partial charge in [-0.05, 0) is 24.0 Å². The fourth-order valence-electron chi connectivity index (χ4n) is 2.85. The molecule has 1 heterocycles. The Kier molecular flexibility index (Phi) is 5.11. The van der Waals surface area contributed by atoms with Crippen LogP contribution in [0.2, 0.25) is 0 Å². The zero-order valence-electron chi connectivity index (χ0n) is 12.9. The molecule has 0 atom stereocenters. The number of rotatable bonds is 4. The topological polar surface area (TPSA) is 107 Å². The number of barbiturate groups is 1. The second-order valence-electron chi connectivity index (χ2n) is 5.64. The summed E-state index contributed by atoms with van der Waals surface area (Å²) in [5.41, 5.74) is 0.391. The number of amides is 4. The Labute approximate surface area is 139 Å². The number of hydrogen-bond donors (Lipinski definition) is 2. The summed E-state index contributed by atoms with van der Waals surface area (Å²) in [6.07, 6.45) is 0.460. The smallest absolute Gasteiger partial charge is 0.328 e. The van der Waals surface area contributed by atoms with Crippen molar-refractivity contribution < 1.29 is 19.9 Å². The summed E-state index contributed by atoms with van der Waals surface area (Å²) < 4.78 is 0. The first-order chi connectivity index (χ1) is 11.1. The third-order valence-electron chi connectivity index (χ3n) is 4.02. The highest BCUT2D eigenvalue weighted by Gasteiger charge is 2.50. The quantitative estimate of drug-likeness (QED) is 0.818. The highest BCUT2D eigenvalue weighted by molar-refractivity contribution is 6.19. The van der Waals surface area contributed by atoms with Crippen molar-refractivity contribution >= 4 is 17.8 Å². The highest BCUT2D eigenvalue weighted by atomic mass is 16.2. The third-order valence-corrected chi connectivity index (χ3v) is 4.02. The minimum Gasteiger partial charge on any atom is -0.412 e. The van der Waals surface area contributed by atoms with Gasteiger partial charge < -0.3 is 5.48 Å². The van der Waals surface area contributed by atoms with Gasteiger partial charge in [-0.15, -0.1) is 0 Å². The summed E-state index contributed by atoms with van der Waals surface area (Å²) in [4.78, 5) is 36.5. The molecule has 0 radical (unpaired) electrons. The van der Waals surface area contributed by atoms with Crippen molar-refractivity contribution in [3.05, 3.63) is 71.8 Å². The predicted molar refractivity (Wildman–Crippen MR) is 88.0 cm³/mol. The number of carbonyl (C=O) groups is 3. The van der Waals surface area contributed by atoms with Crippen molar-refractivity contribution in [2.45, 2.75) is 12.8 Å². The molecular formula is C18H18N2O4. The molecule has 0 aromatic heterocycles. The van der Waals surface area contributed by atoms with E-state index in [1.54, 1.807) is 0 Å². The molecule has 4 N–H and O–H groups in total. The van der Waals surface area contributed by atoms with Crippen molar-refractivity contribution in [1.29, 1.82) is 0 Å². The van der Waals surface area contributed by atoms with Gasteiger partial charge in [-0.3, -0.25) is 20.2 Å². The molecule has 3 rings (SSSR count). The second-order valence-corrected chi connectivity index (χ2v) is 5.64. The number of benzene rings is 2. The van der Waals surface area contributed by atoms with Crippen molar-refractivity contribution in [2.24, 2.45) is 5.41 Å². The molecule has 1 fully saturated rings. The fourth-order valence-corrected chi connectivity index (χ4v) is 2.85. The summed E-state index contributed by atoms with van der Waals surface area (Å²) >= 11 is 0. The van der Waals surface area contributed by atoms with Crippen molar-refractivity contribution in [2.75, 3.05) is 0 Å². The van der Waals surface area contributed by atoms with Gasteiger partial charge in [0, 0.05) is 0 Å². The van der Waals surface area contributed by atoms with Crippen LogP contribution in [0.25, 0.3) is 0 Å². The Morgan fingerprint density at radius 3 is 1.42 bits per heavy atom. The zero-order chi connectivity index (χ0) is 16.3. The maximum Gasteiger partial charge on any atom is 0.328 e. The van der Waals surface area contributed by atoms with Gasteiger partial charge in [-0.1, -0.05) is 60.7 Å². The Morgan fingerprint density at radius 2 is 1.04 bits per heavy atom. The first kappa shape index (κ1) is 17.4. The number of urea groups is 1. The second kappa shape index (κ2) is 7.06. The van der Waals surface area contributed by atoms with E-state index in [0.717, 1.165) is 11.1 Å². The van der Waals surface area contributed by atoms with E-state index < -0.39 is 23.3 Å². The number of carbonyl (C=O) groups excluding carboxylic acids is 3. The lowest BCUT2D eigenvalue weighted by molar-refractivity contribution is -0.144. The first-order valence-corrected chi connectivity index (χ1v) is 7.35. The monoisotopic (exact) mass is 326 g/mol. The molecule has 1 saturated heterocycles. The maximum atomic E-state index is 12.6. The van der Waals surface area contributed by atoms with Crippen LogP contribution in [0.4, 0.5) is 4.79 Å². The van der Waals surface area contributed by atoms with Gasteiger partial charge >= 0.3 is 6.03 Å². The average molecular weight is 326 g/mol. The van der Waals surface area contributed by atoms with E-state index in [2.05, 4.69) is 10.6 Å². The van der Waals surface area contributed by atoms with Gasteiger partial charge in [0.05, 0.1) is 0 Å². The predicted octanol–water partition coefficient (Wildman–Crippen LogP) is 0.999. The van der Waals surface area contributed by atoms with Crippen LogP contribution in [0, 0.1) is 5.41 Å². The molecule has 4 amide bonds. The molecule has 2 aromatic rings. The van der Waals surface area contributed by atoms with Crippen LogP contribution in [0.5, 0.6) is 0 Å². The van der Waals surface area contributed by atoms with E-state index in [0.29, 0.717) is 0 Å². The molecule has 6 nitrogen and oxygen atoms in total. The number of imide groups is 2. The van der Waals surface area contributed by atoms with E-state index in [4.69, 9.17) is 0 Å². The summed E-state index contributed by atoms with van der Waals surface area (Å²) in [6.45, 7) is 0. The van der Waals surface area contributed by atoms with E-state index in [1.807, 2.05) is 60.7 Å². The first-order valence-electron chi connectivity index (χ1n) is 7.35. The molecule has 0 bridgehead atoms. The molecule has 1 aliphatic heterocycles. The van der Waals surface area contributed by atoms with Gasteiger partial charge in [-0.25, -0.2) is 4.79 Å². The standard InChI is InChI=1S/C18H16N2O3.H2O/c21-15-18(16(22)20-17(23)19-15,11-13-7-3-1-4-8-13)12-14-9-5-2-6-10-14;/h1-10H,11-12H2,(H2,19,20,21,22,23);1H2. The highest BCUT2D eigenvalue weighted by Crippen LogP contribution is 2.30. The lowest BCUT2D eigenvalue weighted by atomic mass is 9.74. The van der Waals surface area contributed by atoms with Crippen LogP contribution >= 0.6 is 0 Å². The summed E-state index contributed by atoms with van der Waals surface area (Å²) in [7, 11) is 0. The van der Waals surface area contributed by atoms with Gasteiger partial charge in [0.25, 0.3) is 0 Å². The van der Waals surface area contributed by atoms with E-state index in [9.17, 15) is 14.4 Å². The van der Waals surface area contributed by atoms with Gasteiger partial charge in [-0.2, -0.15) is 0 Å². The van der Waals surface area contributed by atoms with E-state index in [1.165, 1.54) is 0 Å². The van der Waals surface area contributed by atoms with E-state index in [-0.39, 0.29) is 18.3 Å². The molecule has 0 saturated carbocycles. The normalized spacial score (nSPS) is 15.9. The lowest BCUT2D eigenvalue weighted by Crippen LogP contribution is -2.64. The third kappa shape index (κ3) is 3.33. The molecule has 0 aliphatic carbocycles. The molecule has 0 unspecified atom stereocenters. The average Bonchev–Trinajstić information content (AvgIpc) is 2.54. The van der Waals surface area contributed by atoms with Gasteiger partial charge in [0.2, 0.25) is 11.8 Å². The SMILES string of the molecule is O.O=C1NC(=O)C(Cc2ccccc2)(Cc2ccccc2)C(=O)N1. The molecule has 6 heteroatoms. The lowest BCUT2D eigenvalue weighted by Gasteiger charge is -2.34. The van der Waals surface area contributed by atoms with Crippen LogP contribution in [0.15, 0.2) is 60.7 Å². The Morgan fingerprint density at radius 1 is 0.667 bits per heavy atom. The van der Waals surface area contributed by atoms with Gasteiger partial charge in [0.1, 0.15) is 5.41 Å². The van der Waals surface area contributed by atoms with Crippen LogP contribution in [-0.2, 0) is 22.4 Å². The Bertz CT molecular complexity index is 681. The Hall–Kier alpha value is -2.99. The van der Waals surface area contributed by atoms with Gasteiger partial charge in [0.15, 0.2) is 0 Å². The molecule has 1 aliphatic rings. The largest absolute Gasteiger partial charge is 0.412 e. The van der Waals surface area contributed by atoms with Crippen LogP contribution in [0.1, 0.15) is 11.1 Å². The molecule has 24 heavy (non-hydrogen) atoms. The maximum absolute atomic E-state index is 12.6.